The molecule has 1 unspecified atom stereocenters. The molecule has 1 heterocycles. The number of benzene rings is 1. The van der Waals surface area contributed by atoms with Gasteiger partial charge in [-0.2, -0.15) is 0 Å². The Labute approximate surface area is 112 Å². The fourth-order valence-electron chi connectivity index (χ4n) is 2.85. The summed E-state index contributed by atoms with van der Waals surface area (Å²) in [6.45, 7) is 2.81. The molecule has 0 bridgehead atoms. The largest absolute Gasteiger partial charge is 0.305 e. The third kappa shape index (κ3) is 2.84. The van der Waals surface area contributed by atoms with Gasteiger partial charge in [0.1, 0.15) is 11.6 Å². The molecule has 1 aliphatic rings. The second kappa shape index (κ2) is 5.78. The smallest absolute Gasteiger partial charge is 0.157 e. The van der Waals surface area contributed by atoms with E-state index in [-0.39, 0.29) is 17.8 Å². The lowest BCUT2D eigenvalue weighted by atomic mass is 9.84. The molecule has 1 atom stereocenters. The van der Waals surface area contributed by atoms with E-state index < -0.39 is 17.2 Å². The Morgan fingerprint density at radius 3 is 2.58 bits per heavy atom. The zero-order valence-electron chi connectivity index (χ0n) is 11.1. The van der Waals surface area contributed by atoms with Crippen LogP contribution in [0.5, 0.6) is 0 Å². The number of ketones is 1. The Morgan fingerprint density at radius 1 is 1.37 bits per heavy atom. The molecule has 19 heavy (non-hydrogen) atoms. The lowest BCUT2D eigenvalue weighted by molar-refractivity contribution is -0.124. The molecule has 2 rings (SSSR count). The van der Waals surface area contributed by atoms with Crippen LogP contribution in [0.2, 0.25) is 0 Å². The standard InChI is InChI=1S/C15H19F2NO/c1-2-7-15(8-4-9-18-15)14(19)10-11-12(16)5-3-6-13(11)17/h3,5-6,18H,2,4,7-10H2,1H3. The fraction of sp³-hybridized carbons (Fsp3) is 0.533. The number of Topliss-reactive ketones (excluding diaryl/α,β-unsaturated/α-hetero) is 1. The summed E-state index contributed by atoms with van der Waals surface area (Å²) >= 11 is 0. The minimum absolute atomic E-state index is 0.101. The molecule has 0 aromatic heterocycles. The maximum atomic E-state index is 13.6. The van der Waals surface area contributed by atoms with Gasteiger partial charge in [-0.25, -0.2) is 8.78 Å². The number of rotatable bonds is 5. The summed E-state index contributed by atoms with van der Waals surface area (Å²) in [6, 6.07) is 3.70. The van der Waals surface area contributed by atoms with Crippen LogP contribution in [0.4, 0.5) is 8.78 Å². The first kappa shape index (κ1) is 14.1. The molecule has 1 fully saturated rings. The highest BCUT2D eigenvalue weighted by molar-refractivity contribution is 5.90. The lowest BCUT2D eigenvalue weighted by Gasteiger charge is -2.27. The van der Waals surface area contributed by atoms with Crippen molar-refractivity contribution in [1.82, 2.24) is 5.32 Å². The Morgan fingerprint density at radius 2 is 2.05 bits per heavy atom. The molecule has 4 heteroatoms. The average molecular weight is 267 g/mol. The van der Waals surface area contributed by atoms with Crippen molar-refractivity contribution in [1.29, 1.82) is 0 Å². The van der Waals surface area contributed by atoms with Gasteiger partial charge in [0.15, 0.2) is 5.78 Å². The zero-order chi connectivity index (χ0) is 13.9. The van der Waals surface area contributed by atoms with Gasteiger partial charge in [0.25, 0.3) is 0 Å². The molecule has 0 saturated carbocycles. The molecule has 1 aromatic carbocycles. The number of carbonyl (C=O) groups excluding carboxylic acids is 1. The quantitative estimate of drug-likeness (QED) is 0.888. The first-order valence-electron chi connectivity index (χ1n) is 6.80. The van der Waals surface area contributed by atoms with Crippen LogP contribution in [0.3, 0.4) is 0 Å². The molecule has 0 amide bonds. The number of hydrogen-bond donors (Lipinski definition) is 1. The Hall–Kier alpha value is -1.29. The molecule has 0 radical (unpaired) electrons. The predicted molar refractivity (Wildman–Crippen MR) is 69.9 cm³/mol. The summed E-state index contributed by atoms with van der Waals surface area (Å²) in [4.78, 5) is 12.4. The maximum Gasteiger partial charge on any atom is 0.157 e. The molecule has 1 aliphatic heterocycles. The minimum atomic E-state index is -0.641. The lowest BCUT2D eigenvalue weighted by Crippen LogP contribution is -2.48. The van der Waals surface area contributed by atoms with Crippen molar-refractivity contribution in [3.8, 4) is 0 Å². The summed E-state index contributed by atoms with van der Waals surface area (Å²) in [5.41, 5.74) is -0.694. The van der Waals surface area contributed by atoms with Gasteiger partial charge < -0.3 is 5.32 Å². The monoisotopic (exact) mass is 267 g/mol. The van der Waals surface area contributed by atoms with Crippen LogP contribution in [-0.4, -0.2) is 17.9 Å². The maximum absolute atomic E-state index is 13.6. The topological polar surface area (TPSA) is 29.1 Å². The van der Waals surface area contributed by atoms with E-state index in [0.29, 0.717) is 0 Å². The number of nitrogens with one attached hydrogen (secondary N) is 1. The van der Waals surface area contributed by atoms with Crippen LogP contribution in [-0.2, 0) is 11.2 Å². The van der Waals surface area contributed by atoms with Crippen molar-refractivity contribution in [2.45, 2.75) is 44.6 Å². The van der Waals surface area contributed by atoms with E-state index in [1.807, 2.05) is 6.92 Å². The first-order valence-corrected chi connectivity index (χ1v) is 6.80. The SMILES string of the molecule is CCCC1(C(=O)Cc2c(F)cccc2F)CCCN1. The second-order valence-corrected chi connectivity index (χ2v) is 5.16. The van der Waals surface area contributed by atoms with Gasteiger partial charge in [-0.05, 0) is 37.9 Å². The van der Waals surface area contributed by atoms with Gasteiger partial charge in [0.05, 0.1) is 5.54 Å². The number of halogens is 2. The molecular weight excluding hydrogens is 248 g/mol. The molecule has 1 saturated heterocycles. The molecule has 1 N–H and O–H groups in total. The molecule has 104 valence electrons. The Balaban J connectivity index is 2.20. The van der Waals surface area contributed by atoms with E-state index in [4.69, 9.17) is 0 Å². The molecule has 0 aliphatic carbocycles. The van der Waals surface area contributed by atoms with E-state index in [0.717, 1.165) is 32.2 Å². The van der Waals surface area contributed by atoms with Crippen LogP contribution >= 0.6 is 0 Å². The van der Waals surface area contributed by atoms with Crippen LogP contribution in [0, 0.1) is 11.6 Å². The third-order valence-electron chi connectivity index (χ3n) is 3.85. The van der Waals surface area contributed by atoms with Crippen LogP contribution in [0.15, 0.2) is 18.2 Å². The average Bonchev–Trinajstić information content (AvgIpc) is 2.84. The van der Waals surface area contributed by atoms with Crippen molar-refractivity contribution < 1.29 is 13.6 Å². The van der Waals surface area contributed by atoms with E-state index in [2.05, 4.69) is 5.32 Å². The summed E-state index contributed by atoms with van der Waals surface area (Å²) in [5, 5.41) is 3.24. The van der Waals surface area contributed by atoms with Crippen LogP contribution in [0.25, 0.3) is 0 Å². The zero-order valence-corrected chi connectivity index (χ0v) is 11.1. The van der Waals surface area contributed by atoms with Crippen LogP contribution < -0.4 is 5.32 Å². The first-order chi connectivity index (χ1) is 9.09. The highest BCUT2D eigenvalue weighted by Gasteiger charge is 2.39. The molecule has 1 aromatic rings. The van der Waals surface area contributed by atoms with Gasteiger partial charge in [0.2, 0.25) is 0 Å². The fourth-order valence-corrected chi connectivity index (χ4v) is 2.85. The number of hydrogen-bond acceptors (Lipinski definition) is 2. The van der Waals surface area contributed by atoms with E-state index in [1.165, 1.54) is 18.2 Å². The van der Waals surface area contributed by atoms with Gasteiger partial charge in [-0.3, -0.25) is 4.79 Å². The summed E-state index contributed by atoms with van der Waals surface area (Å²) in [7, 11) is 0. The van der Waals surface area contributed by atoms with E-state index >= 15 is 0 Å². The summed E-state index contributed by atoms with van der Waals surface area (Å²) in [5.74, 6) is -1.38. The summed E-state index contributed by atoms with van der Waals surface area (Å²) in [6.07, 6.45) is 3.12. The Bertz CT molecular complexity index is 447. The predicted octanol–water partition coefficient (Wildman–Crippen LogP) is 3.00. The molecule has 2 nitrogen and oxygen atoms in total. The Kier molecular flexibility index (Phi) is 4.30. The van der Waals surface area contributed by atoms with Crippen molar-refractivity contribution >= 4 is 5.78 Å². The van der Waals surface area contributed by atoms with Crippen LogP contribution in [0.1, 0.15) is 38.2 Å². The van der Waals surface area contributed by atoms with Gasteiger partial charge in [-0.1, -0.05) is 19.4 Å². The summed E-state index contributed by atoms with van der Waals surface area (Å²) < 4.78 is 27.2. The van der Waals surface area contributed by atoms with Crippen molar-refractivity contribution in [2.24, 2.45) is 0 Å². The van der Waals surface area contributed by atoms with E-state index in [9.17, 15) is 13.6 Å². The second-order valence-electron chi connectivity index (χ2n) is 5.16. The van der Waals surface area contributed by atoms with Crippen molar-refractivity contribution in [2.75, 3.05) is 6.54 Å². The van der Waals surface area contributed by atoms with Crippen molar-refractivity contribution in [3.05, 3.63) is 35.4 Å². The van der Waals surface area contributed by atoms with Gasteiger partial charge >= 0.3 is 0 Å². The number of carbonyl (C=O) groups is 1. The van der Waals surface area contributed by atoms with Gasteiger partial charge in [0, 0.05) is 12.0 Å². The highest BCUT2D eigenvalue weighted by atomic mass is 19.1. The highest BCUT2D eigenvalue weighted by Crippen LogP contribution is 2.28. The third-order valence-corrected chi connectivity index (χ3v) is 3.85. The normalized spacial score (nSPS) is 22.7. The van der Waals surface area contributed by atoms with E-state index in [1.54, 1.807) is 0 Å². The van der Waals surface area contributed by atoms with Gasteiger partial charge in [-0.15, -0.1) is 0 Å². The minimum Gasteiger partial charge on any atom is -0.305 e. The molecule has 0 spiro atoms. The van der Waals surface area contributed by atoms with Crippen molar-refractivity contribution in [3.63, 3.8) is 0 Å². The molecular formula is C15H19F2NO.